The lowest BCUT2D eigenvalue weighted by molar-refractivity contribution is 0.326. The van der Waals surface area contributed by atoms with E-state index in [0.29, 0.717) is 0 Å². The van der Waals surface area contributed by atoms with Crippen molar-refractivity contribution in [1.82, 2.24) is 5.32 Å². The van der Waals surface area contributed by atoms with Gasteiger partial charge in [-0.05, 0) is 36.9 Å². The molecule has 0 saturated carbocycles. The molecule has 1 nitrogen and oxygen atoms in total. The molecule has 1 aromatic rings. The Hall–Kier alpha value is -1.08. The molecule has 80 valence electrons. The van der Waals surface area contributed by atoms with Crippen molar-refractivity contribution in [2.24, 2.45) is 11.8 Å². The molecular weight excluding hydrogens is 182 g/mol. The lowest BCUT2D eigenvalue weighted by Gasteiger charge is -2.26. The van der Waals surface area contributed by atoms with E-state index in [1.807, 2.05) is 0 Å². The monoisotopic (exact) mass is 201 g/mol. The minimum Gasteiger partial charge on any atom is -0.316 e. The largest absolute Gasteiger partial charge is 0.316 e. The van der Waals surface area contributed by atoms with Crippen LogP contribution in [0.25, 0.3) is 6.08 Å². The van der Waals surface area contributed by atoms with Crippen LogP contribution in [-0.4, -0.2) is 13.1 Å². The van der Waals surface area contributed by atoms with E-state index in [1.54, 1.807) is 0 Å². The summed E-state index contributed by atoms with van der Waals surface area (Å²) in [6.07, 6.45) is 5.90. The van der Waals surface area contributed by atoms with Gasteiger partial charge in [-0.1, -0.05) is 49.4 Å². The zero-order valence-electron chi connectivity index (χ0n) is 9.32. The number of piperidine rings is 1. The molecule has 0 aliphatic carbocycles. The molecule has 0 unspecified atom stereocenters. The van der Waals surface area contributed by atoms with Crippen LogP contribution < -0.4 is 5.32 Å². The highest BCUT2D eigenvalue weighted by Gasteiger charge is 2.17. The highest BCUT2D eigenvalue weighted by molar-refractivity contribution is 5.49. The quantitative estimate of drug-likeness (QED) is 0.775. The van der Waals surface area contributed by atoms with Crippen LogP contribution in [0, 0.1) is 11.8 Å². The number of benzene rings is 1. The summed E-state index contributed by atoms with van der Waals surface area (Å²) in [7, 11) is 0. The van der Waals surface area contributed by atoms with Crippen LogP contribution in [0.15, 0.2) is 36.4 Å². The first-order valence-electron chi connectivity index (χ1n) is 5.80. The van der Waals surface area contributed by atoms with Gasteiger partial charge in [0.1, 0.15) is 0 Å². The number of nitrogens with one attached hydrogen (secondary N) is 1. The summed E-state index contributed by atoms with van der Waals surface area (Å²) in [5.41, 5.74) is 1.31. The lowest BCUT2D eigenvalue weighted by Crippen LogP contribution is -2.34. The second-order valence-corrected chi connectivity index (χ2v) is 4.40. The Morgan fingerprint density at radius 3 is 2.80 bits per heavy atom. The Kier molecular flexibility index (Phi) is 3.57. The van der Waals surface area contributed by atoms with Crippen LogP contribution >= 0.6 is 0 Å². The third-order valence-corrected chi connectivity index (χ3v) is 3.19. The van der Waals surface area contributed by atoms with Gasteiger partial charge in [0, 0.05) is 0 Å². The Morgan fingerprint density at radius 2 is 2.07 bits per heavy atom. The first-order chi connectivity index (χ1) is 7.36. The molecule has 1 fully saturated rings. The fourth-order valence-corrected chi connectivity index (χ4v) is 2.12. The van der Waals surface area contributed by atoms with Gasteiger partial charge in [0.15, 0.2) is 0 Å². The zero-order chi connectivity index (χ0) is 10.5. The van der Waals surface area contributed by atoms with Gasteiger partial charge in [0.05, 0.1) is 0 Å². The summed E-state index contributed by atoms with van der Waals surface area (Å²) in [6, 6.07) is 10.5. The second-order valence-electron chi connectivity index (χ2n) is 4.40. The summed E-state index contributed by atoms with van der Waals surface area (Å²) in [5.74, 6) is 1.50. The molecule has 1 aliphatic rings. The maximum Gasteiger partial charge on any atom is -0.00175 e. The predicted molar refractivity (Wildman–Crippen MR) is 65.6 cm³/mol. The maximum atomic E-state index is 3.43. The summed E-state index contributed by atoms with van der Waals surface area (Å²) >= 11 is 0. The fourth-order valence-electron chi connectivity index (χ4n) is 2.12. The topological polar surface area (TPSA) is 12.0 Å². The Morgan fingerprint density at radius 1 is 1.27 bits per heavy atom. The molecule has 0 amide bonds. The number of hydrogen-bond acceptors (Lipinski definition) is 1. The van der Waals surface area contributed by atoms with Crippen molar-refractivity contribution in [2.75, 3.05) is 13.1 Å². The van der Waals surface area contributed by atoms with Gasteiger partial charge in [0.25, 0.3) is 0 Å². The van der Waals surface area contributed by atoms with E-state index < -0.39 is 0 Å². The molecule has 0 radical (unpaired) electrons. The zero-order valence-corrected chi connectivity index (χ0v) is 9.32. The summed E-state index contributed by atoms with van der Waals surface area (Å²) < 4.78 is 0. The van der Waals surface area contributed by atoms with Gasteiger partial charge in [-0.3, -0.25) is 0 Å². The van der Waals surface area contributed by atoms with Crippen LogP contribution in [0.3, 0.4) is 0 Å². The Bertz CT molecular complexity index is 315. The molecule has 0 bridgehead atoms. The summed E-state index contributed by atoms with van der Waals surface area (Å²) in [4.78, 5) is 0. The molecule has 2 atom stereocenters. The van der Waals surface area contributed by atoms with E-state index in [1.165, 1.54) is 12.0 Å². The van der Waals surface area contributed by atoms with Crippen molar-refractivity contribution >= 4 is 6.08 Å². The molecule has 15 heavy (non-hydrogen) atoms. The van der Waals surface area contributed by atoms with Gasteiger partial charge in [-0.25, -0.2) is 0 Å². The van der Waals surface area contributed by atoms with E-state index in [-0.39, 0.29) is 0 Å². The predicted octanol–water partition coefficient (Wildman–Crippen LogP) is 2.95. The van der Waals surface area contributed by atoms with Crippen LogP contribution in [0.4, 0.5) is 0 Å². The number of hydrogen-bond donors (Lipinski definition) is 1. The van der Waals surface area contributed by atoms with Crippen molar-refractivity contribution in [3.63, 3.8) is 0 Å². The van der Waals surface area contributed by atoms with E-state index >= 15 is 0 Å². The first-order valence-corrected chi connectivity index (χ1v) is 5.80. The van der Waals surface area contributed by atoms with Crippen LogP contribution in [0.2, 0.25) is 0 Å². The van der Waals surface area contributed by atoms with Crippen LogP contribution in [-0.2, 0) is 0 Å². The first kappa shape index (κ1) is 10.4. The van der Waals surface area contributed by atoms with E-state index in [4.69, 9.17) is 0 Å². The average molecular weight is 201 g/mol. The highest BCUT2D eigenvalue weighted by Crippen LogP contribution is 2.20. The molecule has 1 saturated heterocycles. The van der Waals surface area contributed by atoms with E-state index in [0.717, 1.165) is 24.9 Å². The fraction of sp³-hybridized carbons (Fsp3) is 0.429. The lowest BCUT2D eigenvalue weighted by atomic mass is 9.87. The minimum absolute atomic E-state index is 0.742. The van der Waals surface area contributed by atoms with Crippen molar-refractivity contribution < 1.29 is 0 Å². The van der Waals surface area contributed by atoms with E-state index in [2.05, 4.69) is 54.7 Å². The molecule has 0 aromatic heterocycles. The molecule has 1 N–H and O–H groups in total. The Balaban J connectivity index is 1.98. The van der Waals surface area contributed by atoms with Crippen molar-refractivity contribution in [2.45, 2.75) is 13.3 Å². The summed E-state index contributed by atoms with van der Waals surface area (Å²) in [5, 5.41) is 3.43. The van der Waals surface area contributed by atoms with Gasteiger partial charge in [0.2, 0.25) is 0 Å². The standard InChI is InChI=1S/C14H19N/c1-12-11-15-10-9-14(12)8-7-13-5-3-2-4-6-13/h2-8,12,14-15H,9-11H2,1H3/b8-7-/t12-,14+/m0/s1. The van der Waals surface area contributed by atoms with Gasteiger partial charge < -0.3 is 5.32 Å². The molecule has 1 aliphatic heterocycles. The van der Waals surface area contributed by atoms with Gasteiger partial charge in [-0.15, -0.1) is 0 Å². The smallest absolute Gasteiger partial charge is 0.00175 e. The van der Waals surface area contributed by atoms with Crippen LogP contribution in [0.5, 0.6) is 0 Å². The third kappa shape index (κ3) is 2.93. The second kappa shape index (κ2) is 5.13. The van der Waals surface area contributed by atoms with Crippen molar-refractivity contribution in [3.05, 3.63) is 42.0 Å². The number of rotatable bonds is 2. The van der Waals surface area contributed by atoms with Crippen LogP contribution in [0.1, 0.15) is 18.9 Å². The summed E-state index contributed by atoms with van der Waals surface area (Å²) in [6.45, 7) is 4.64. The van der Waals surface area contributed by atoms with E-state index in [9.17, 15) is 0 Å². The SMILES string of the molecule is C[C@H]1CNCC[C@H]1/C=C\c1ccccc1. The van der Waals surface area contributed by atoms with Gasteiger partial charge in [-0.2, -0.15) is 0 Å². The minimum atomic E-state index is 0.742. The maximum absolute atomic E-state index is 3.43. The normalized spacial score (nSPS) is 27.0. The van der Waals surface area contributed by atoms with Crippen molar-refractivity contribution in [3.8, 4) is 0 Å². The highest BCUT2D eigenvalue weighted by atomic mass is 14.9. The Labute approximate surface area is 92.2 Å². The molecule has 1 aromatic carbocycles. The number of allylic oxidation sites excluding steroid dienone is 1. The van der Waals surface area contributed by atoms with Crippen molar-refractivity contribution in [1.29, 1.82) is 0 Å². The molecule has 1 heterocycles. The van der Waals surface area contributed by atoms with Gasteiger partial charge >= 0.3 is 0 Å². The molecule has 0 spiro atoms. The third-order valence-electron chi connectivity index (χ3n) is 3.19. The molecular formula is C14H19N. The molecule has 1 heteroatoms. The average Bonchev–Trinajstić information content (AvgIpc) is 2.29. The molecule has 2 rings (SSSR count).